The van der Waals surface area contributed by atoms with Gasteiger partial charge < -0.3 is 4.55 Å². The van der Waals surface area contributed by atoms with Crippen LogP contribution in [0.4, 0.5) is 0 Å². The molecule has 0 amide bonds. The first kappa shape index (κ1) is 14.6. The third kappa shape index (κ3) is 3.30. The Labute approximate surface area is 109 Å². The van der Waals surface area contributed by atoms with Gasteiger partial charge in [-0.05, 0) is 36.3 Å². The maximum absolute atomic E-state index is 10.8. The standard InChI is InChI=1S/C8H11O3PS.Na/c1-5-3-7(12)6(2)8(4-5)13(9,10)11;/h3-4H,12H2,1-2H3,(H,9,10,11);/q;+1/p-1. The molecule has 0 heterocycles. The van der Waals surface area contributed by atoms with Crippen LogP contribution in [0.2, 0.25) is 0 Å². The Morgan fingerprint density at radius 1 is 1.29 bits per heavy atom. The van der Waals surface area contributed by atoms with E-state index in [9.17, 15) is 13.0 Å². The van der Waals surface area contributed by atoms with Gasteiger partial charge >= 0.3 is 29.6 Å². The summed E-state index contributed by atoms with van der Waals surface area (Å²) in [5.74, 6) is 0. The Balaban J connectivity index is 0.00000169. The SMILES string of the molecule is Cc1cc(P)c(C)c(S(=O)(=O)[O-])c1.[Na+]. The maximum atomic E-state index is 10.8. The summed E-state index contributed by atoms with van der Waals surface area (Å²) in [7, 11) is -1.93. The number of aryl methyl sites for hydroxylation is 1. The summed E-state index contributed by atoms with van der Waals surface area (Å²) in [5.41, 5.74) is 1.27. The first-order valence-electron chi connectivity index (χ1n) is 3.65. The summed E-state index contributed by atoms with van der Waals surface area (Å²) >= 11 is 0. The van der Waals surface area contributed by atoms with Crippen molar-refractivity contribution in [1.29, 1.82) is 0 Å². The fourth-order valence-corrected chi connectivity index (χ4v) is 2.46. The molecule has 1 aromatic carbocycles. The molecule has 0 spiro atoms. The van der Waals surface area contributed by atoms with Crippen LogP contribution in [-0.4, -0.2) is 13.0 Å². The van der Waals surface area contributed by atoms with Crippen molar-refractivity contribution in [2.75, 3.05) is 0 Å². The van der Waals surface area contributed by atoms with Crippen LogP contribution in [0, 0.1) is 13.8 Å². The normalized spacial score (nSPS) is 10.9. The van der Waals surface area contributed by atoms with E-state index in [1.807, 2.05) is 6.07 Å². The van der Waals surface area contributed by atoms with Crippen molar-refractivity contribution < 1.29 is 42.5 Å². The van der Waals surface area contributed by atoms with Gasteiger partial charge in [0.25, 0.3) is 0 Å². The topological polar surface area (TPSA) is 57.2 Å². The molecular formula is C8H10NaO3PS. The summed E-state index contributed by atoms with van der Waals surface area (Å²) in [6.07, 6.45) is 0. The molecule has 0 aromatic heterocycles. The van der Waals surface area contributed by atoms with Crippen molar-refractivity contribution in [3.63, 3.8) is 0 Å². The van der Waals surface area contributed by atoms with Gasteiger partial charge in [0.2, 0.25) is 0 Å². The van der Waals surface area contributed by atoms with Gasteiger partial charge in [0.05, 0.1) is 4.90 Å². The van der Waals surface area contributed by atoms with Gasteiger partial charge in [-0.3, -0.25) is 0 Å². The molecule has 1 aromatic rings. The monoisotopic (exact) mass is 240 g/mol. The van der Waals surface area contributed by atoms with Crippen LogP contribution in [0.5, 0.6) is 0 Å². The third-order valence-corrected chi connectivity index (χ3v) is 3.38. The number of hydrogen-bond acceptors (Lipinski definition) is 3. The zero-order valence-corrected chi connectivity index (χ0v) is 12.3. The van der Waals surface area contributed by atoms with Gasteiger partial charge in [0, 0.05) is 0 Å². The quantitative estimate of drug-likeness (QED) is 0.315. The van der Waals surface area contributed by atoms with Gasteiger partial charge in [0.1, 0.15) is 10.1 Å². The van der Waals surface area contributed by atoms with Gasteiger partial charge in [-0.25, -0.2) is 8.42 Å². The van der Waals surface area contributed by atoms with Gasteiger partial charge in [-0.15, -0.1) is 9.24 Å². The average molecular weight is 240 g/mol. The van der Waals surface area contributed by atoms with Crippen LogP contribution in [0.15, 0.2) is 17.0 Å². The first-order valence-corrected chi connectivity index (χ1v) is 5.63. The number of hydrogen-bond donors (Lipinski definition) is 0. The second-order valence-corrected chi connectivity index (χ2v) is 4.90. The molecule has 0 N–H and O–H groups in total. The minimum Gasteiger partial charge on any atom is -0.744 e. The van der Waals surface area contributed by atoms with Crippen molar-refractivity contribution in [2.24, 2.45) is 0 Å². The van der Waals surface area contributed by atoms with Crippen LogP contribution in [0.3, 0.4) is 0 Å². The van der Waals surface area contributed by atoms with E-state index in [0.29, 0.717) is 5.56 Å². The molecular weight excluding hydrogens is 230 g/mol. The summed E-state index contributed by atoms with van der Waals surface area (Å²) < 4.78 is 32.4. The molecule has 6 heteroatoms. The van der Waals surface area contributed by atoms with Crippen molar-refractivity contribution in [2.45, 2.75) is 18.7 Å². The minimum absolute atomic E-state index is 0. The van der Waals surface area contributed by atoms with E-state index >= 15 is 0 Å². The molecule has 14 heavy (non-hydrogen) atoms. The molecule has 0 bridgehead atoms. The molecule has 0 fully saturated rings. The largest absolute Gasteiger partial charge is 1.00 e. The van der Waals surface area contributed by atoms with Crippen molar-refractivity contribution >= 4 is 24.7 Å². The van der Waals surface area contributed by atoms with E-state index in [2.05, 4.69) is 9.24 Å². The Kier molecular flexibility index (Phi) is 5.26. The molecule has 72 valence electrons. The second-order valence-electron chi connectivity index (χ2n) is 2.93. The van der Waals surface area contributed by atoms with Crippen LogP contribution >= 0.6 is 9.24 Å². The van der Waals surface area contributed by atoms with Crippen molar-refractivity contribution in [3.05, 3.63) is 23.3 Å². The predicted octanol–water partition coefficient (Wildman–Crippen LogP) is -2.29. The average Bonchev–Trinajstić information content (AvgIpc) is 1.94. The minimum atomic E-state index is -4.34. The second kappa shape index (κ2) is 5.06. The van der Waals surface area contributed by atoms with Crippen LogP contribution < -0.4 is 34.9 Å². The smallest absolute Gasteiger partial charge is 0.744 e. The molecule has 0 aliphatic heterocycles. The Bertz CT molecular complexity index is 442. The fourth-order valence-electron chi connectivity index (χ4n) is 1.11. The molecule has 0 saturated heterocycles. The van der Waals surface area contributed by atoms with Gasteiger partial charge in [-0.1, -0.05) is 6.07 Å². The van der Waals surface area contributed by atoms with Gasteiger partial charge in [-0.2, -0.15) is 0 Å². The molecule has 1 rings (SSSR count). The maximum Gasteiger partial charge on any atom is 1.00 e. The summed E-state index contributed by atoms with van der Waals surface area (Å²) in [6, 6.07) is 3.21. The molecule has 0 saturated carbocycles. The van der Waals surface area contributed by atoms with E-state index in [1.54, 1.807) is 13.8 Å². The van der Waals surface area contributed by atoms with E-state index in [0.717, 1.165) is 10.9 Å². The van der Waals surface area contributed by atoms with Gasteiger partial charge in [0.15, 0.2) is 0 Å². The summed E-state index contributed by atoms with van der Waals surface area (Å²) in [6.45, 7) is 3.37. The van der Waals surface area contributed by atoms with E-state index in [-0.39, 0.29) is 34.5 Å². The number of rotatable bonds is 1. The molecule has 0 aliphatic rings. The Morgan fingerprint density at radius 2 is 1.79 bits per heavy atom. The fraction of sp³-hybridized carbons (Fsp3) is 0.250. The molecule has 1 unspecified atom stereocenters. The van der Waals surface area contributed by atoms with Crippen molar-refractivity contribution in [1.82, 2.24) is 0 Å². The first-order chi connectivity index (χ1) is 5.82. The summed E-state index contributed by atoms with van der Waals surface area (Å²) in [4.78, 5) is -0.127. The van der Waals surface area contributed by atoms with Crippen LogP contribution in [0.1, 0.15) is 11.1 Å². The van der Waals surface area contributed by atoms with Crippen LogP contribution in [-0.2, 0) is 10.1 Å². The number of benzene rings is 1. The molecule has 3 nitrogen and oxygen atoms in total. The Morgan fingerprint density at radius 3 is 2.21 bits per heavy atom. The summed E-state index contributed by atoms with van der Waals surface area (Å²) in [5, 5.41) is 0.745. The zero-order valence-electron chi connectivity index (χ0n) is 8.37. The van der Waals surface area contributed by atoms with Crippen molar-refractivity contribution in [3.8, 4) is 0 Å². The molecule has 0 radical (unpaired) electrons. The zero-order chi connectivity index (χ0) is 10.2. The predicted molar refractivity (Wildman–Crippen MR) is 53.2 cm³/mol. The Hall–Kier alpha value is 0.560. The van der Waals surface area contributed by atoms with E-state index in [1.165, 1.54) is 6.07 Å². The van der Waals surface area contributed by atoms with E-state index in [4.69, 9.17) is 0 Å². The third-order valence-electron chi connectivity index (χ3n) is 1.81. The van der Waals surface area contributed by atoms with E-state index < -0.39 is 10.1 Å². The molecule has 0 aliphatic carbocycles. The molecule has 1 atom stereocenters. The van der Waals surface area contributed by atoms with Crippen LogP contribution in [0.25, 0.3) is 0 Å².